The molecule has 0 saturated carbocycles. The highest BCUT2D eigenvalue weighted by molar-refractivity contribution is 7.47. The number of phosphoric ester groups is 1. The zero-order valence-corrected chi connectivity index (χ0v) is 33.9. The summed E-state index contributed by atoms with van der Waals surface area (Å²) >= 11 is 0. The molecule has 3 atom stereocenters. The van der Waals surface area contributed by atoms with Gasteiger partial charge >= 0.3 is 19.8 Å². The van der Waals surface area contributed by atoms with Crippen LogP contribution in [0.3, 0.4) is 0 Å². The van der Waals surface area contributed by atoms with Crippen LogP contribution < -0.4 is 0 Å². The molecule has 0 amide bonds. The van der Waals surface area contributed by atoms with Gasteiger partial charge in [-0.05, 0) is 77.0 Å². The van der Waals surface area contributed by atoms with Crippen LogP contribution >= 0.6 is 7.82 Å². The molecule has 0 saturated heterocycles. The van der Waals surface area contributed by atoms with Gasteiger partial charge < -0.3 is 24.6 Å². The third kappa shape index (κ3) is 37.8. The number of ether oxygens (including phenoxy) is 2. The van der Waals surface area contributed by atoms with Crippen molar-refractivity contribution in [3.05, 3.63) is 60.8 Å². The molecule has 0 rings (SSSR count). The molecule has 0 aliphatic carbocycles. The Labute approximate surface area is 321 Å². The van der Waals surface area contributed by atoms with Crippen LogP contribution in [0.5, 0.6) is 0 Å². The minimum Gasteiger partial charge on any atom is -0.462 e. The maximum atomic E-state index is 12.6. The van der Waals surface area contributed by atoms with Crippen molar-refractivity contribution < 1.29 is 47.8 Å². The smallest absolute Gasteiger partial charge is 0.462 e. The predicted octanol–water partition coefficient (Wildman–Crippen LogP) is 10.3. The molecule has 0 spiro atoms. The van der Waals surface area contributed by atoms with E-state index in [1.54, 1.807) is 0 Å². The third-order valence-electron chi connectivity index (χ3n) is 8.16. The number of unbranched alkanes of at least 4 members (excludes halogenated alkanes) is 13. The molecule has 53 heavy (non-hydrogen) atoms. The maximum absolute atomic E-state index is 12.6. The molecule has 0 fully saturated rings. The van der Waals surface area contributed by atoms with Gasteiger partial charge in [0.2, 0.25) is 0 Å². The third-order valence-corrected chi connectivity index (χ3v) is 9.11. The largest absolute Gasteiger partial charge is 0.472 e. The minimum absolute atomic E-state index is 0.159. The second kappa shape index (κ2) is 38.0. The fraction of sp³-hybridized carbons (Fsp3) is 0.714. The first kappa shape index (κ1) is 50.7. The highest BCUT2D eigenvalue weighted by atomic mass is 31.2. The Hall–Kier alpha value is -2.33. The summed E-state index contributed by atoms with van der Waals surface area (Å²) in [5, 5.41) is 18.3. The summed E-state index contributed by atoms with van der Waals surface area (Å²) in [6, 6.07) is 0. The number of carbonyl (C=O) groups is 2. The molecule has 11 heteroatoms. The van der Waals surface area contributed by atoms with Crippen LogP contribution in [0.2, 0.25) is 0 Å². The van der Waals surface area contributed by atoms with Crippen LogP contribution in [0.4, 0.5) is 0 Å². The molecule has 0 aliphatic rings. The highest BCUT2D eigenvalue weighted by Crippen LogP contribution is 2.43. The first-order valence-electron chi connectivity index (χ1n) is 20.2. The predicted molar refractivity (Wildman–Crippen MR) is 214 cm³/mol. The SMILES string of the molecule is CCC=CCC=CCC=CCCCCCCCC(=O)OC(COC(=O)CCCCCCCC=CCC=CCCCCC)COP(=O)(O)OCC(O)CO. The zero-order valence-electron chi connectivity index (χ0n) is 33.0. The Bertz CT molecular complexity index is 1070. The summed E-state index contributed by atoms with van der Waals surface area (Å²) in [7, 11) is -4.62. The van der Waals surface area contributed by atoms with Gasteiger partial charge in [0.15, 0.2) is 6.10 Å². The molecule has 0 bridgehead atoms. The second-order valence-electron chi connectivity index (χ2n) is 13.3. The van der Waals surface area contributed by atoms with E-state index in [-0.39, 0.29) is 19.4 Å². The van der Waals surface area contributed by atoms with Crippen LogP contribution in [0.15, 0.2) is 60.8 Å². The van der Waals surface area contributed by atoms with Crippen molar-refractivity contribution in [1.82, 2.24) is 0 Å². The molecular weight excluding hydrogens is 695 g/mol. The summed E-state index contributed by atoms with van der Waals surface area (Å²) < 4.78 is 32.6. The molecule has 0 aromatic heterocycles. The van der Waals surface area contributed by atoms with Crippen LogP contribution in [-0.2, 0) is 32.7 Å². The monoisotopic (exact) mass is 768 g/mol. The number of rotatable bonds is 37. The Kier molecular flexibility index (Phi) is 36.3. The van der Waals surface area contributed by atoms with Crippen molar-refractivity contribution in [1.29, 1.82) is 0 Å². The lowest BCUT2D eigenvalue weighted by atomic mass is 10.1. The lowest BCUT2D eigenvalue weighted by Crippen LogP contribution is -2.29. The minimum atomic E-state index is -4.62. The van der Waals surface area contributed by atoms with Crippen LogP contribution in [-0.4, -0.2) is 65.7 Å². The number of aliphatic hydroxyl groups is 2. The molecule has 3 N–H and O–H groups in total. The molecule has 0 aliphatic heterocycles. The Morgan fingerprint density at radius 3 is 1.57 bits per heavy atom. The first-order chi connectivity index (χ1) is 25.7. The van der Waals surface area contributed by atoms with Gasteiger partial charge in [-0.2, -0.15) is 0 Å². The fourth-order valence-corrected chi connectivity index (χ4v) is 5.83. The van der Waals surface area contributed by atoms with Crippen molar-refractivity contribution in [2.24, 2.45) is 0 Å². The fourth-order valence-electron chi connectivity index (χ4n) is 5.04. The van der Waals surface area contributed by atoms with Gasteiger partial charge in [0, 0.05) is 12.8 Å². The quantitative estimate of drug-likeness (QED) is 0.0241. The van der Waals surface area contributed by atoms with Gasteiger partial charge in [-0.1, -0.05) is 126 Å². The number of phosphoric acid groups is 1. The summed E-state index contributed by atoms with van der Waals surface area (Å²) in [5.74, 6) is -0.966. The topological polar surface area (TPSA) is 149 Å². The van der Waals surface area contributed by atoms with E-state index >= 15 is 0 Å². The van der Waals surface area contributed by atoms with Gasteiger partial charge in [0.05, 0.1) is 19.8 Å². The number of esters is 2. The Morgan fingerprint density at radius 2 is 1.04 bits per heavy atom. The van der Waals surface area contributed by atoms with Gasteiger partial charge in [0.1, 0.15) is 12.7 Å². The highest BCUT2D eigenvalue weighted by Gasteiger charge is 2.27. The molecule has 0 aromatic carbocycles. The Balaban J connectivity index is 4.40. The summed E-state index contributed by atoms with van der Waals surface area (Å²) in [6.45, 7) is 2.18. The van der Waals surface area contributed by atoms with E-state index in [1.165, 1.54) is 19.3 Å². The number of hydrogen-bond acceptors (Lipinski definition) is 9. The maximum Gasteiger partial charge on any atom is 0.472 e. The van der Waals surface area contributed by atoms with Crippen molar-refractivity contribution in [2.45, 2.75) is 167 Å². The molecule has 306 valence electrons. The van der Waals surface area contributed by atoms with E-state index in [4.69, 9.17) is 19.1 Å². The number of aliphatic hydroxyl groups excluding tert-OH is 2. The normalized spacial score (nSPS) is 14.6. The van der Waals surface area contributed by atoms with Gasteiger partial charge in [0.25, 0.3) is 0 Å². The zero-order chi connectivity index (χ0) is 39.1. The number of allylic oxidation sites excluding steroid dienone is 10. The Morgan fingerprint density at radius 1 is 0.585 bits per heavy atom. The molecular formula is C42H73O10P. The van der Waals surface area contributed by atoms with Gasteiger partial charge in [-0.3, -0.25) is 18.6 Å². The summed E-state index contributed by atoms with van der Waals surface area (Å²) in [5.41, 5.74) is 0. The lowest BCUT2D eigenvalue weighted by Gasteiger charge is -2.20. The van der Waals surface area contributed by atoms with Crippen LogP contribution in [0.1, 0.15) is 155 Å². The summed E-state index contributed by atoms with van der Waals surface area (Å²) in [4.78, 5) is 34.9. The number of hydrogen-bond donors (Lipinski definition) is 3. The van der Waals surface area contributed by atoms with E-state index in [1.807, 2.05) is 0 Å². The van der Waals surface area contributed by atoms with Gasteiger partial charge in [-0.15, -0.1) is 0 Å². The van der Waals surface area contributed by atoms with E-state index in [2.05, 4.69) is 79.1 Å². The molecule has 3 unspecified atom stereocenters. The lowest BCUT2D eigenvalue weighted by molar-refractivity contribution is -0.161. The van der Waals surface area contributed by atoms with E-state index in [0.29, 0.717) is 12.8 Å². The number of carbonyl (C=O) groups excluding carboxylic acids is 2. The van der Waals surface area contributed by atoms with Crippen molar-refractivity contribution in [2.75, 3.05) is 26.4 Å². The molecule has 0 aromatic rings. The molecule has 10 nitrogen and oxygen atoms in total. The van der Waals surface area contributed by atoms with Crippen LogP contribution in [0.25, 0.3) is 0 Å². The molecule has 0 radical (unpaired) electrons. The average molecular weight is 769 g/mol. The second-order valence-corrected chi connectivity index (χ2v) is 14.7. The van der Waals surface area contributed by atoms with Crippen molar-refractivity contribution >= 4 is 19.8 Å². The van der Waals surface area contributed by atoms with E-state index < -0.39 is 51.8 Å². The first-order valence-corrected chi connectivity index (χ1v) is 21.7. The standard InChI is InChI=1S/C42H73O10P/c1-3-5-7-9-11-13-15-17-19-21-23-25-27-29-31-33-41(45)49-37-40(38-51-53(47,48)50-36-39(44)35-43)52-42(46)34-32-30-28-26-24-22-20-18-16-14-12-10-8-6-4-2/h6,8,11-14,17-20,39-40,43-44H,3-5,7,9-10,15-16,21-38H2,1-2H3,(H,47,48). The van der Waals surface area contributed by atoms with Crippen LogP contribution in [0, 0.1) is 0 Å². The molecule has 0 heterocycles. The van der Waals surface area contributed by atoms with E-state index in [9.17, 15) is 24.2 Å². The van der Waals surface area contributed by atoms with Crippen molar-refractivity contribution in [3.8, 4) is 0 Å². The average Bonchev–Trinajstić information content (AvgIpc) is 3.14. The van der Waals surface area contributed by atoms with Crippen molar-refractivity contribution in [3.63, 3.8) is 0 Å². The van der Waals surface area contributed by atoms with Gasteiger partial charge in [-0.25, -0.2) is 4.57 Å². The summed E-state index contributed by atoms with van der Waals surface area (Å²) in [6.07, 6.45) is 40.4. The van der Waals surface area contributed by atoms with E-state index in [0.717, 1.165) is 96.3 Å².